The molecule has 6 heteroatoms. The fourth-order valence-corrected chi connectivity index (χ4v) is 1.72. The standard InChI is InChI=1S/C13H18N2O4/c1-3-14-8(2)6-12(17)15-11-5-4-9(16)7-10(11)13(18)19/h4-5,7-8,14,16H,3,6H2,1-2H3,(H,15,17)(H,18,19). The Morgan fingerprint density at radius 2 is 2.05 bits per heavy atom. The van der Waals surface area contributed by atoms with E-state index in [2.05, 4.69) is 10.6 Å². The van der Waals surface area contributed by atoms with Gasteiger partial charge in [0.1, 0.15) is 5.75 Å². The molecule has 0 saturated heterocycles. The Balaban J connectivity index is 2.76. The molecule has 6 nitrogen and oxygen atoms in total. The zero-order valence-electron chi connectivity index (χ0n) is 10.9. The van der Waals surface area contributed by atoms with Crippen molar-refractivity contribution in [1.29, 1.82) is 0 Å². The van der Waals surface area contributed by atoms with E-state index < -0.39 is 5.97 Å². The van der Waals surface area contributed by atoms with Gasteiger partial charge in [-0.05, 0) is 31.7 Å². The molecule has 0 bridgehead atoms. The molecule has 0 aliphatic heterocycles. The minimum Gasteiger partial charge on any atom is -0.508 e. The number of amides is 1. The first-order valence-corrected chi connectivity index (χ1v) is 6.03. The van der Waals surface area contributed by atoms with E-state index in [9.17, 15) is 14.7 Å². The van der Waals surface area contributed by atoms with Gasteiger partial charge < -0.3 is 20.8 Å². The predicted octanol–water partition coefficient (Wildman–Crippen LogP) is 1.42. The van der Waals surface area contributed by atoms with Crippen molar-refractivity contribution in [2.75, 3.05) is 11.9 Å². The normalized spacial score (nSPS) is 11.9. The van der Waals surface area contributed by atoms with Gasteiger partial charge in [-0.25, -0.2) is 4.79 Å². The molecular formula is C13H18N2O4. The number of benzene rings is 1. The van der Waals surface area contributed by atoms with Gasteiger partial charge in [0.15, 0.2) is 0 Å². The molecule has 0 aliphatic rings. The second kappa shape index (κ2) is 6.75. The number of anilines is 1. The smallest absolute Gasteiger partial charge is 0.337 e. The summed E-state index contributed by atoms with van der Waals surface area (Å²) in [6.07, 6.45) is 0.244. The molecule has 19 heavy (non-hydrogen) atoms. The van der Waals surface area contributed by atoms with Gasteiger partial charge in [0, 0.05) is 12.5 Å². The van der Waals surface area contributed by atoms with Gasteiger partial charge in [-0.1, -0.05) is 6.92 Å². The van der Waals surface area contributed by atoms with Crippen LogP contribution in [-0.2, 0) is 4.79 Å². The zero-order valence-corrected chi connectivity index (χ0v) is 10.9. The summed E-state index contributed by atoms with van der Waals surface area (Å²) in [6, 6.07) is 3.81. The number of nitrogens with one attached hydrogen (secondary N) is 2. The average Bonchev–Trinajstić information content (AvgIpc) is 2.31. The van der Waals surface area contributed by atoms with Crippen molar-refractivity contribution in [2.24, 2.45) is 0 Å². The maximum Gasteiger partial charge on any atom is 0.337 e. The van der Waals surface area contributed by atoms with Crippen molar-refractivity contribution in [3.8, 4) is 5.75 Å². The van der Waals surface area contributed by atoms with Crippen LogP contribution in [0.2, 0.25) is 0 Å². The largest absolute Gasteiger partial charge is 0.508 e. The first kappa shape index (κ1) is 15.0. The third kappa shape index (κ3) is 4.59. The summed E-state index contributed by atoms with van der Waals surface area (Å²) in [5, 5.41) is 23.9. The number of aromatic hydroxyl groups is 1. The van der Waals surface area contributed by atoms with Crippen LogP contribution in [0.15, 0.2) is 18.2 Å². The van der Waals surface area contributed by atoms with Gasteiger partial charge in [0.2, 0.25) is 5.91 Å². The number of hydrogen-bond donors (Lipinski definition) is 4. The highest BCUT2D eigenvalue weighted by Gasteiger charge is 2.14. The lowest BCUT2D eigenvalue weighted by Gasteiger charge is -2.13. The highest BCUT2D eigenvalue weighted by molar-refractivity contribution is 6.00. The van der Waals surface area contributed by atoms with Crippen LogP contribution in [0.3, 0.4) is 0 Å². The van der Waals surface area contributed by atoms with Crippen LogP contribution in [0, 0.1) is 0 Å². The Morgan fingerprint density at radius 3 is 2.63 bits per heavy atom. The number of hydrogen-bond acceptors (Lipinski definition) is 4. The molecule has 0 radical (unpaired) electrons. The first-order chi connectivity index (χ1) is 8.93. The zero-order chi connectivity index (χ0) is 14.4. The van der Waals surface area contributed by atoms with Crippen molar-refractivity contribution >= 4 is 17.6 Å². The number of carbonyl (C=O) groups is 2. The molecule has 1 aromatic carbocycles. The quantitative estimate of drug-likeness (QED) is 0.584. The molecule has 104 valence electrons. The van der Waals surface area contributed by atoms with Crippen LogP contribution >= 0.6 is 0 Å². The lowest BCUT2D eigenvalue weighted by molar-refractivity contribution is -0.116. The minimum atomic E-state index is -1.20. The molecule has 4 N–H and O–H groups in total. The number of carboxylic acid groups (broad SMARTS) is 1. The Labute approximate surface area is 111 Å². The van der Waals surface area contributed by atoms with Crippen LogP contribution in [0.1, 0.15) is 30.6 Å². The van der Waals surface area contributed by atoms with Gasteiger partial charge in [-0.3, -0.25) is 4.79 Å². The van der Waals surface area contributed by atoms with Gasteiger partial charge in [-0.2, -0.15) is 0 Å². The fourth-order valence-electron chi connectivity index (χ4n) is 1.72. The molecule has 1 rings (SSSR count). The Kier molecular flexibility index (Phi) is 5.32. The molecule has 1 amide bonds. The van der Waals surface area contributed by atoms with Crippen LogP contribution in [0.5, 0.6) is 5.75 Å². The maximum atomic E-state index is 11.8. The molecule has 0 aliphatic carbocycles. The summed E-state index contributed by atoms with van der Waals surface area (Å²) in [5.41, 5.74) is 0.0449. The molecule has 0 spiro atoms. The van der Waals surface area contributed by atoms with Crippen LogP contribution in [-0.4, -0.2) is 34.7 Å². The number of phenols is 1. The molecule has 1 atom stereocenters. The Hall–Kier alpha value is -2.08. The molecule has 0 aromatic heterocycles. The van der Waals surface area contributed by atoms with Gasteiger partial charge in [0.25, 0.3) is 0 Å². The molecular weight excluding hydrogens is 248 g/mol. The molecule has 1 aromatic rings. The topological polar surface area (TPSA) is 98.7 Å². The summed E-state index contributed by atoms with van der Waals surface area (Å²) in [6.45, 7) is 4.57. The summed E-state index contributed by atoms with van der Waals surface area (Å²) < 4.78 is 0. The summed E-state index contributed by atoms with van der Waals surface area (Å²) >= 11 is 0. The third-order valence-electron chi connectivity index (χ3n) is 2.55. The minimum absolute atomic E-state index is 0.00962. The van der Waals surface area contributed by atoms with E-state index in [1.54, 1.807) is 0 Å². The second-order valence-corrected chi connectivity index (χ2v) is 4.25. The van der Waals surface area contributed by atoms with Gasteiger partial charge >= 0.3 is 5.97 Å². The lowest BCUT2D eigenvalue weighted by Crippen LogP contribution is -2.30. The van der Waals surface area contributed by atoms with Gasteiger partial charge in [0.05, 0.1) is 11.3 Å². The molecule has 0 saturated carbocycles. The lowest BCUT2D eigenvalue weighted by atomic mass is 10.1. The van der Waals surface area contributed by atoms with Crippen LogP contribution in [0.25, 0.3) is 0 Å². The van der Waals surface area contributed by atoms with E-state index in [1.807, 2.05) is 13.8 Å². The number of rotatable bonds is 6. The van der Waals surface area contributed by atoms with Crippen molar-refractivity contribution < 1.29 is 19.8 Å². The average molecular weight is 266 g/mol. The molecule has 0 heterocycles. The predicted molar refractivity (Wildman–Crippen MR) is 71.5 cm³/mol. The summed E-state index contributed by atoms with van der Waals surface area (Å²) in [7, 11) is 0. The monoisotopic (exact) mass is 266 g/mol. The Bertz CT molecular complexity index is 474. The number of carbonyl (C=O) groups excluding carboxylic acids is 1. The summed E-state index contributed by atoms with van der Waals surface area (Å²) in [4.78, 5) is 22.8. The van der Waals surface area contributed by atoms with E-state index in [0.717, 1.165) is 12.6 Å². The van der Waals surface area contributed by atoms with Crippen molar-refractivity contribution in [3.63, 3.8) is 0 Å². The highest BCUT2D eigenvalue weighted by Crippen LogP contribution is 2.21. The van der Waals surface area contributed by atoms with Crippen molar-refractivity contribution in [2.45, 2.75) is 26.3 Å². The van der Waals surface area contributed by atoms with E-state index in [1.165, 1.54) is 12.1 Å². The van der Waals surface area contributed by atoms with E-state index >= 15 is 0 Å². The first-order valence-electron chi connectivity index (χ1n) is 6.03. The fraction of sp³-hybridized carbons (Fsp3) is 0.385. The highest BCUT2D eigenvalue weighted by atomic mass is 16.4. The summed E-state index contributed by atoms with van der Waals surface area (Å²) in [5.74, 6) is -1.64. The van der Waals surface area contributed by atoms with Crippen LogP contribution in [0.4, 0.5) is 5.69 Å². The SMILES string of the molecule is CCNC(C)CC(=O)Nc1ccc(O)cc1C(=O)O. The van der Waals surface area contributed by atoms with E-state index in [-0.39, 0.29) is 35.4 Å². The number of carboxylic acids is 1. The Morgan fingerprint density at radius 1 is 1.37 bits per heavy atom. The molecule has 0 fully saturated rings. The van der Waals surface area contributed by atoms with Crippen LogP contribution < -0.4 is 10.6 Å². The second-order valence-electron chi connectivity index (χ2n) is 4.25. The van der Waals surface area contributed by atoms with E-state index in [4.69, 9.17) is 5.11 Å². The number of aromatic carboxylic acids is 1. The number of phenolic OH excluding ortho intramolecular Hbond substituents is 1. The third-order valence-corrected chi connectivity index (χ3v) is 2.55. The van der Waals surface area contributed by atoms with E-state index in [0.29, 0.717) is 0 Å². The van der Waals surface area contributed by atoms with Gasteiger partial charge in [-0.15, -0.1) is 0 Å². The maximum absolute atomic E-state index is 11.8. The van der Waals surface area contributed by atoms with Crippen molar-refractivity contribution in [1.82, 2.24) is 5.32 Å². The molecule has 1 unspecified atom stereocenters. The van der Waals surface area contributed by atoms with Crippen molar-refractivity contribution in [3.05, 3.63) is 23.8 Å².